The van der Waals surface area contributed by atoms with Crippen LogP contribution in [0.5, 0.6) is 5.75 Å². The molecule has 2 atom stereocenters. The van der Waals surface area contributed by atoms with Gasteiger partial charge < -0.3 is 19.7 Å². The lowest BCUT2D eigenvalue weighted by atomic mass is 10.1. The second kappa shape index (κ2) is 9.64. The van der Waals surface area contributed by atoms with E-state index in [1.807, 2.05) is 39.0 Å². The van der Waals surface area contributed by atoms with Crippen LogP contribution in [0.15, 0.2) is 42.5 Å². The first kappa shape index (κ1) is 22.3. The molecule has 0 radical (unpaired) electrons. The first-order valence-electron chi connectivity index (χ1n) is 10.4. The van der Waals surface area contributed by atoms with Crippen LogP contribution in [-0.2, 0) is 19.1 Å². The van der Waals surface area contributed by atoms with Gasteiger partial charge in [-0.3, -0.25) is 14.4 Å². The molecular formula is C24H28N2O5. The van der Waals surface area contributed by atoms with E-state index >= 15 is 0 Å². The van der Waals surface area contributed by atoms with Crippen LogP contribution in [0, 0.1) is 19.8 Å². The van der Waals surface area contributed by atoms with Gasteiger partial charge in [0.15, 0.2) is 6.10 Å². The fourth-order valence-electron chi connectivity index (χ4n) is 3.43. The van der Waals surface area contributed by atoms with Gasteiger partial charge in [0.1, 0.15) is 5.75 Å². The lowest BCUT2D eigenvalue weighted by molar-refractivity contribution is -0.157. The highest BCUT2D eigenvalue weighted by Crippen LogP contribution is 2.28. The summed E-state index contributed by atoms with van der Waals surface area (Å²) in [6.07, 6.45) is -0.917. The number of hydrogen-bond donors (Lipinski definition) is 1. The molecule has 0 aliphatic carbocycles. The van der Waals surface area contributed by atoms with Gasteiger partial charge in [-0.2, -0.15) is 0 Å². The molecule has 31 heavy (non-hydrogen) atoms. The third-order valence-electron chi connectivity index (χ3n) is 5.23. The Balaban J connectivity index is 1.58. The second-order valence-corrected chi connectivity index (χ2v) is 7.72. The smallest absolute Gasteiger partial charge is 0.312 e. The second-order valence-electron chi connectivity index (χ2n) is 7.72. The van der Waals surface area contributed by atoms with E-state index in [9.17, 15) is 14.4 Å². The fourth-order valence-corrected chi connectivity index (χ4v) is 3.43. The van der Waals surface area contributed by atoms with Gasteiger partial charge in [0.2, 0.25) is 5.91 Å². The molecule has 0 aromatic heterocycles. The summed E-state index contributed by atoms with van der Waals surface area (Å²) < 4.78 is 10.8. The molecule has 0 saturated carbocycles. The summed E-state index contributed by atoms with van der Waals surface area (Å²) in [6, 6.07) is 12.9. The van der Waals surface area contributed by atoms with Crippen LogP contribution in [0.1, 0.15) is 31.4 Å². The number of rotatable bonds is 7. The molecule has 0 bridgehead atoms. The lowest BCUT2D eigenvalue weighted by Gasteiger charge is -2.18. The summed E-state index contributed by atoms with van der Waals surface area (Å²) in [7, 11) is 0. The van der Waals surface area contributed by atoms with E-state index in [2.05, 4.69) is 5.32 Å². The number of amides is 2. The predicted octanol–water partition coefficient (Wildman–Crippen LogP) is 3.63. The number of carbonyl (C=O) groups excluding carboxylic acids is 3. The zero-order chi connectivity index (χ0) is 22.5. The van der Waals surface area contributed by atoms with Crippen LogP contribution in [0.25, 0.3) is 0 Å². The molecule has 7 heteroatoms. The van der Waals surface area contributed by atoms with Gasteiger partial charge in [-0.25, -0.2) is 0 Å². The Labute approximate surface area is 182 Å². The van der Waals surface area contributed by atoms with Crippen LogP contribution in [0.3, 0.4) is 0 Å². The Hall–Kier alpha value is -3.35. The number of ether oxygens (including phenoxy) is 2. The number of anilines is 2. The van der Waals surface area contributed by atoms with Crippen molar-refractivity contribution >= 4 is 29.2 Å². The molecule has 164 valence electrons. The van der Waals surface area contributed by atoms with E-state index in [4.69, 9.17) is 9.47 Å². The Kier molecular flexibility index (Phi) is 6.95. The van der Waals surface area contributed by atoms with E-state index in [1.165, 1.54) is 6.92 Å². The number of nitrogens with zero attached hydrogens (tertiary/aromatic N) is 1. The monoisotopic (exact) mass is 424 g/mol. The highest BCUT2D eigenvalue weighted by atomic mass is 16.5. The SMILES string of the molecule is CCOc1ccc(N2CC(C(=O)OC(C)C(=O)Nc3cc(C)ccc3C)CC2=O)cc1. The van der Waals surface area contributed by atoms with Gasteiger partial charge in [-0.1, -0.05) is 12.1 Å². The van der Waals surface area contributed by atoms with Crippen LogP contribution >= 0.6 is 0 Å². The first-order valence-corrected chi connectivity index (χ1v) is 10.4. The molecule has 3 rings (SSSR count). The molecule has 7 nitrogen and oxygen atoms in total. The number of esters is 1. The zero-order valence-corrected chi connectivity index (χ0v) is 18.3. The maximum absolute atomic E-state index is 12.6. The third-order valence-corrected chi connectivity index (χ3v) is 5.23. The number of aryl methyl sites for hydroxylation is 2. The van der Waals surface area contributed by atoms with Crippen molar-refractivity contribution in [2.75, 3.05) is 23.4 Å². The van der Waals surface area contributed by atoms with Crippen molar-refractivity contribution in [3.63, 3.8) is 0 Å². The molecule has 2 aromatic carbocycles. The summed E-state index contributed by atoms with van der Waals surface area (Å²) in [6.45, 7) is 8.04. The minimum absolute atomic E-state index is 0.0529. The van der Waals surface area contributed by atoms with Crippen LogP contribution < -0.4 is 15.0 Å². The summed E-state index contributed by atoms with van der Waals surface area (Å²) in [5, 5.41) is 2.80. The average molecular weight is 424 g/mol. The molecule has 2 amide bonds. The number of carbonyl (C=O) groups is 3. The molecule has 0 spiro atoms. The minimum Gasteiger partial charge on any atom is -0.494 e. The van der Waals surface area contributed by atoms with Crippen molar-refractivity contribution < 1.29 is 23.9 Å². The Morgan fingerprint density at radius 3 is 2.55 bits per heavy atom. The molecule has 1 fully saturated rings. The quantitative estimate of drug-likeness (QED) is 0.686. The van der Waals surface area contributed by atoms with E-state index in [1.54, 1.807) is 29.2 Å². The molecule has 1 aliphatic rings. The topological polar surface area (TPSA) is 84.9 Å². The van der Waals surface area contributed by atoms with Gasteiger partial charge in [0, 0.05) is 24.3 Å². The first-order chi connectivity index (χ1) is 14.8. The highest BCUT2D eigenvalue weighted by molar-refractivity contribution is 6.00. The van der Waals surface area contributed by atoms with E-state index in [-0.39, 0.29) is 18.9 Å². The standard InChI is InChI=1S/C24H28N2O5/c1-5-30-20-10-8-19(9-11-20)26-14-18(13-22(26)27)24(29)31-17(4)23(28)25-21-12-15(2)6-7-16(21)3/h6-12,17-18H,5,13-14H2,1-4H3,(H,25,28). The largest absolute Gasteiger partial charge is 0.494 e. The predicted molar refractivity (Wildman–Crippen MR) is 118 cm³/mol. The Bertz CT molecular complexity index is 970. The number of nitrogens with one attached hydrogen (secondary N) is 1. The van der Waals surface area contributed by atoms with Gasteiger partial charge in [-0.05, 0) is 69.2 Å². The molecule has 1 N–H and O–H groups in total. The highest BCUT2D eigenvalue weighted by Gasteiger charge is 2.37. The van der Waals surface area contributed by atoms with E-state index < -0.39 is 23.9 Å². The summed E-state index contributed by atoms with van der Waals surface area (Å²) in [4.78, 5) is 39.1. The van der Waals surface area contributed by atoms with E-state index in [0.717, 1.165) is 16.9 Å². The molecule has 1 saturated heterocycles. The average Bonchev–Trinajstić information content (AvgIpc) is 3.13. The summed E-state index contributed by atoms with van der Waals surface area (Å²) in [5.41, 5.74) is 3.32. The van der Waals surface area contributed by atoms with Crippen LogP contribution in [-0.4, -0.2) is 37.0 Å². The number of hydrogen-bond acceptors (Lipinski definition) is 5. The maximum atomic E-state index is 12.6. The molecular weight excluding hydrogens is 396 g/mol. The van der Waals surface area contributed by atoms with E-state index in [0.29, 0.717) is 18.0 Å². The molecule has 1 aliphatic heterocycles. The number of benzene rings is 2. The minimum atomic E-state index is -0.970. The van der Waals surface area contributed by atoms with Gasteiger partial charge in [0.25, 0.3) is 5.91 Å². The van der Waals surface area contributed by atoms with Crippen molar-refractivity contribution in [2.24, 2.45) is 5.92 Å². The zero-order valence-electron chi connectivity index (χ0n) is 18.3. The van der Waals surface area contributed by atoms with Crippen molar-refractivity contribution in [3.05, 3.63) is 53.6 Å². The Morgan fingerprint density at radius 1 is 1.16 bits per heavy atom. The van der Waals surface area contributed by atoms with Crippen molar-refractivity contribution in [3.8, 4) is 5.75 Å². The maximum Gasteiger partial charge on any atom is 0.312 e. The summed E-state index contributed by atoms with van der Waals surface area (Å²) in [5.74, 6) is -1.01. The van der Waals surface area contributed by atoms with Gasteiger partial charge in [-0.15, -0.1) is 0 Å². The van der Waals surface area contributed by atoms with Crippen molar-refractivity contribution in [1.82, 2.24) is 0 Å². The van der Waals surface area contributed by atoms with Crippen LogP contribution in [0.2, 0.25) is 0 Å². The molecule has 2 aromatic rings. The van der Waals surface area contributed by atoms with Crippen molar-refractivity contribution in [2.45, 2.75) is 40.2 Å². The molecule has 1 heterocycles. The Morgan fingerprint density at radius 2 is 1.87 bits per heavy atom. The van der Waals surface area contributed by atoms with Gasteiger partial charge >= 0.3 is 5.97 Å². The summed E-state index contributed by atoms with van der Waals surface area (Å²) >= 11 is 0. The van der Waals surface area contributed by atoms with Gasteiger partial charge in [0.05, 0.1) is 12.5 Å². The van der Waals surface area contributed by atoms with Crippen molar-refractivity contribution in [1.29, 1.82) is 0 Å². The molecule has 2 unspecified atom stereocenters. The third kappa shape index (κ3) is 5.42. The lowest BCUT2D eigenvalue weighted by Crippen LogP contribution is -2.33. The normalized spacial score (nSPS) is 16.7. The van der Waals surface area contributed by atoms with Crippen LogP contribution in [0.4, 0.5) is 11.4 Å². The fraction of sp³-hybridized carbons (Fsp3) is 0.375.